The highest BCUT2D eigenvalue weighted by atomic mass is 19.4. The van der Waals surface area contributed by atoms with Gasteiger partial charge < -0.3 is 14.6 Å². The number of carbonyl (C=O) groups excluding carboxylic acids is 2. The lowest BCUT2D eigenvalue weighted by atomic mass is 9.50. The number of halogens is 6. The lowest BCUT2D eigenvalue weighted by Crippen LogP contribution is -2.60. The molecule has 0 spiro atoms. The van der Waals surface area contributed by atoms with Crippen LogP contribution in [0.2, 0.25) is 0 Å². The Morgan fingerprint density at radius 3 is 1.75 bits per heavy atom. The van der Waals surface area contributed by atoms with Gasteiger partial charge in [0, 0.05) is 0 Å². The van der Waals surface area contributed by atoms with Gasteiger partial charge in [-0.15, -0.1) is 0 Å². The van der Waals surface area contributed by atoms with Crippen LogP contribution in [0.5, 0.6) is 0 Å². The molecule has 4 saturated carbocycles. The second-order valence-electron chi connectivity index (χ2n) is 10.1. The zero-order valence-electron chi connectivity index (χ0n) is 18.1. The molecule has 0 aromatic carbocycles. The van der Waals surface area contributed by atoms with Gasteiger partial charge >= 0.3 is 30.1 Å². The van der Waals surface area contributed by atoms with Crippen molar-refractivity contribution < 1.29 is 50.5 Å². The molecule has 32 heavy (non-hydrogen) atoms. The van der Waals surface area contributed by atoms with Gasteiger partial charge in [0.05, 0.1) is 11.8 Å². The summed E-state index contributed by atoms with van der Waals surface area (Å²) in [5.41, 5.74) is -2.50. The van der Waals surface area contributed by atoms with Crippen LogP contribution in [0, 0.1) is 29.1 Å². The molecular formula is C21H28F6O5. The average molecular weight is 474 g/mol. The Hall–Kier alpha value is -1.52. The topological polar surface area (TPSA) is 72.8 Å². The third-order valence-electron chi connectivity index (χ3n) is 7.91. The van der Waals surface area contributed by atoms with Crippen molar-refractivity contribution in [1.82, 2.24) is 0 Å². The summed E-state index contributed by atoms with van der Waals surface area (Å²) < 4.78 is 86.3. The Labute approximate surface area is 181 Å². The summed E-state index contributed by atoms with van der Waals surface area (Å²) >= 11 is 0. The van der Waals surface area contributed by atoms with E-state index in [0.29, 0.717) is 11.8 Å². The van der Waals surface area contributed by atoms with E-state index in [4.69, 9.17) is 9.84 Å². The van der Waals surface area contributed by atoms with Gasteiger partial charge in [-0.3, -0.25) is 9.59 Å². The van der Waals surface area contributed by atoms with Crippen LogP contribution in [0.4, 0.5) is 26.3 Å². The van der Waals surface area contributed by atoms with E-state index in [1.807, 2.05) is 6.92 Å². The third kappa shape index (κ3) is 4.09. The van der Waals surface area contributed by atoms with E-state index < -0.39 is 47.5 Å². The number of rotatable bonds is 6. The largest absolute Gasteiger partial charge is 0.465 e. The number of esters is 2. The maximum Gasteiger partial charge on any atom is 0.465 e. The number of hydrogen-bond donors (Lipinski definition) is 1. The van der Waals surface area contributed by atoms with Gasteiger partial charge in [-0.25, -0.2) is 0 Å². The molecule has 1 unspecified atom stereocenters. The van der Waals surface area contributed by atoms with Gasteiger partial charge in [0.25, 0.3) is 0 Å². The summed E-state index contributed by atoms with van der Waals surface area (Å²) in [6.07, 6.45) is -9.01. The molecule has 1 atom stereocenters. The lowest BCUT2D eigenvalue weighted by molar-refractivity contribution is -0.444. The molecule has 5 nitrogen and oxygen atoms in total. The van der Waals surface area contributed by atoms with Crippen LogP contribution in [0.15, 0.2) is 0 Å². The van der Waals surface area contributed by atoms with Gasteiger partial charge in [-0.2, -0.15) is 26.3 Å². The Balaban J connectivity index is 1.73. The number of aliphatic hydroxyl groups is 1. The minimum atomic E-state index is -6.31. The quantitative estimate of drug-likeness (QED) is 0.337. The van der Waals surface area contributed by atoms with Crippen molar-refractivity contribution in [2.45, 2.75) is 89.5 Å². The summed E-state index contributed by atoms with van der Waals surface area (Å²) in [5, 5.41) is 9.09. The molecule has 0 saturated heterocycles. The van der Waals surface area contributed by atoms with Crippen molar-refractivity contribution in [2.75, 3.05) is 0 Å². The van der Waals surface area contributed by atoms with E-state index in [1.54, 1.807) is 0 Å². The van der Waals surface area contributed by atoms with Crippen molar-refractivity contribution in [1.29, 1.82) is 0 Å². The maximum atomic E-state index is 13.1. The third-order valence-corrected chi connectivity index (χ3v) is 7.91. The molecule has 4 fully saturated rings. The SMILES string of the molecule is CCC(C)(CC(=O)OC(O)(C(F)(F)F)C(F)(F)F)C(=O)OC1(C)C2CC3CC(C2)CC1C3. The molecule has 11 heteroatoms. The van der Waals surface area contributed by atoms with Crippen LogP contribution in [0.25, 0.3) is 0 Å². The second-order valence-corrected chi connectivity index (χ2v) is 10.1. The van der Waals surface area contributed by atoms with E-state index in [0.717, 1.165) is 32.1 Å². The minimum Gasteiger partial charge on any atom is -0.458 e. The minimum absolute atomic E-state index is 0.0892. The fraction of sp³-hybridized carbons (Fsp3) is 0.905. The molecule has 0 amide bonds. The molecule has 0 aromatic heterocycles. The molecular weight excluding hydrogens is 446 g/mol. The maximum absolute atomic E-state index is 13.1. The summed E-state index contributed by atoms with van der Waals surface area (Å²) in [5.74, 6) is -7.09. The van der Waals surface area contributed by atoms with E-state index in [1.165, 1.54) is 13.8 Å². The molecule has 0 aliphatic heterocycles. The Morgan fingerprint density at radius 1 is 0.938 bits per heavy atom. The molecule has 4 rings (SSSR count). The van der Waals surface area contributed by atoms with Gasteiger partial charge in [0.15, 0.2) is 0 Å². The molecule has 0 radical (unpaired) electrons. The number of ether oxygens (including phenoxy) is 2. The number of carbonyl (C=O) groups is 2. The van der Waals surface area contributed by atoms with E-state index in [9.17, 15) is 35.9 Å². The van der Waals surface area contributed by atoms with Crippen LogP contribution in [0.3, 0.4) is 0 Å². The lowest BCUT2D eigenvalue weighted by Gasteiger charge is -2.59. The van der Waals surface area contributed by atoms with Crippen LogP contribution in [-0.4, -0.2) is 40.8 Å². The molecule has 0 heterocycles. The fourth-order valence-electron chi connectivity index (χ4n) is 5.75. The van der Waals surface area contributed by atoms with Gasteiger partial charge in [-0.1, -0.05) is 6.92 Å². The smallest absolute Gasteiger partial charge is 0.458 e. The van der Waals surface area contributed by atoms with Crippen molar-refractivity contribution in [3.05, 3.63) is 0 Å². The number of hydrogen-bond acceptors (Lipinski definition) is 5. The van der Waals surface area contributed by atoms with Crippen LogP contribution in [0.1, 0.15) is 65.7 Å². The normalized spacial score (nSPS) is 34.2. The zero-order valence-corrected chi connectivity index (χ0v) is 18.1. The van der Waals surface area contributed by atoms with Crippen LogP contribution in [-0.2, 0) is 19.1 Å². The molecule has 4 aliphatic rings. The van der Waals surface area contributed by atoms with Crippen molar-refractivity contribution >= 4 is 11.9 Å². The summed E-state index contributed by atoms with van der Waals surface area (Å²) in [7, 11) is 0. The Morgan fingerprint density at radius 2 is 1.38 bits per heavy atom. The highest BCUT2D eigenvalue weighted by Gasteiger charge is 2.74. The van der Waals surface area contributed by atoms with E-state index in [2.05, 4.69) is 4.74 Å². The van der Waals surface area contributed by atoms with E-state index in [-0.39, 0.29) is 18.3 Å². The van der Waals surface area contributed by atoms with Gasteiger partial charge in [0.1, 0.15) is 5.60 Å². The number of alkyl halides is 6. The van der Waals surface area contributed by atoms with Crippen molar-refractivity contribution in [3.8, 4) is 0 Å². The van der Waals surface area contributed by atoms with Gasteiger partial charge in [0.2, 0.25) is 0 Å². The predicted octanol–water partition coefficient (Wildman–Crippen LogP) is 4.91. The summed E-state index contributed by atoms with van der Waals surface area (Å²) in [6.45, 7) is 4.53. The zero-order chi connectivity index (χ0) is 24.3. The average Bonchev–Trinajstić information content (AvgIpc) is 2.63. The molecule has 1 N–H and O–H groups in total. The summed E-state index contributed by atoms with van der Waals surface area (Å²) in [6, 6.07) is 0. The molecule has 0 aromatic rings. The van der Waals surface area contributed by atoms with Crippen LogP contribution >= 0.6 is 0 Å². The first-order valence-electron chi connectivity index (χ1n) is 10.8. The molecule has 4 aliphatic carbocycles. The summed E-state index contributed by atoms with van der Waals surface area (Å²) in [4.78, 5) is 25.1. The van der Waals surface area contributed by atoms with Crippen LogP contribution < -0.4 is 0 Å². The Kier molecular flexibility index (Phi) is 6.10. The predicted molar refractivity (Wildman–Crippen MR) is 97.7 cm³/mol. The van der Waals surface area contributed by atoms with Gasteiger partial charge in [-0.05, 0) is 76.0 Å². The second kappa shape index (κ2) is 7.77. The highest BCUT2D eigenvalue weighted by molar-refractivity contribution is 5.83. The molecule has 184 valence electrons. The first kappa shape index (κ1) is 25.1. The highest BCUT2D eigenvalue weighted by Crippen LogP contribution is 2.60. The first-order valence-corrected chi connectivity index (χ1v) is 10.8. The molecule has 4 bridgehead atoms. The van der Waals surface area contributed by atoms with Crippen molar-refractivity contribution in [3.63, 3.8) is 0 Å². The fourth-order valence-corrected chi connectivity index (χ4v) is 5.75. The van der Waals surface area contributed by atoms with E-state index >= 15 is 0 Å². The Bertz CT molecular complexity index is 719. The standard InChI is InChI=1S/C21H28F6O5/c1-4-17(2,10-15(28)31-19(30,20(22,23)24)21(25,26)27)16(29)32-18(3)13-6-11-5-12(8-13)9-14(18)7-11/h11-14,30H,4-10H2,1-3H3. The first-order chi connectivity index (χ1) is 14.4. The van der Waals surface area contributed by atoms with Crippen molar-refractivity contribution in [2.24, 2.45) is 29.1 Å². The monoisotopic (exact) mass is 474 g/mol.